The molecule has 0 spiro atoms. The average molecular weight is 314 g/mol. The number of hydrogen-bond acceptors (Lipinski definition) is 4. The van der Waals surface area contributed by atoms with Gasteiger partial charge in [0.2, 0.25) is 0 Å². The Morgan fingerprint density at radius 3 is 2.09 bits per heavy atom. The highest BCUT2D eigenvalue weighted by Gasteiger charge is 2.47. The quantitative estimate of drug-likeness (QED) is 0.561. The largest absolute Gasteiger partial charge is 0.388 e. The minimum absolute atomic E-state index is 0.0146. The molecule has 4 heteroatoms. The molecule has 2 fully saturated rings. The Morgan fingerprint density at radius 2 is 1.41 bits per heavy atom. The molecule has 0 aromatic heterocycles. The number of ether oxygens (including phenoxy) is 3. The lowest BCUT2D eigenvalue weighted by Gasteiger charge is -2.16. The molecule has 0 aromatic carbocycles. The van der Waals surface area contributed by atoms with E-state index in [9.17, 15) is 5.11 Å². The summed E-state index contributed by atoms with van der Waals surface area (Å²) in [4.78, 5) is 0. The second kappa shape index (κ2) is 10.6. The molecule has 0 radical (unpaired) electrons. The van der Waals surface area contributed by atoms with Crippen LogP contribution in [0, 0.1) is 0 Å². The fourth-order valence-electron chi connectivity index (χ4n) is 3.41. The van der Waals surface area contributed by atoms with Crippen molar-refractivity contribution in [2.45, 2.75) is 95.5 Å². The van der Waals surface area contributed by atoms with E-state index in [2.05, 4.69) is 6.92 Å². The van der Waals surface area contributed by atoms with Gasteiger partial charge in [-0.15, -0.1) is 0 Å². The van der Waals surface area contributed by atoms with Crippen molar-refractivity contribution < 1.29 is 19.3 Å². The fourth-order valence-corrected chi connectivity index (χ4v) is 3.41. The van der Waals surface area contributed by atoms with Crippen LogP contribution in [0.25, 0.3) is 0 Å². The number of rotatable bonds is 12. The van der Waals surface area contributed by atoms with Gasteiger partial charge in [-0.1, -0.05) is 64.7 Å². The van der Waals surface area contributed by atoms with Crippen molar-refractivity contribution in [1.82, 2.24) is 0 Å². The van der Waals surface area contributed by atoms with Crippen molar-refractivity contribution in [3.8, 4) is 0 Å². The molecule has 0 unspecified atom stereocenters. The van der Waals surface area contributed by atoms with E-state index in [0.29, 0.717) is 13.2 Å². The van der Waals surface area contributed by atoms with Crippen LogP contribution in [0.4, 0.5) is 0 Å². The first-order chi connectivity index (χ1) is 10.8. The topological polar surface area (TPSA) is 47.9 Å². The van der Waals surface area contributed by atoms with Gasteiger partial charge in [-0.05, 0) is 6.42 Å². The van der Waals surface area contributed by atoms with Gasteiger partial charge >= 0.3 is 0 Å². The smallest absolute Gasteiger partial charge is 0.115 e. The molecule has 1 N–H and O–H groups in total. The van der Waals surface area contributed by atoms with Crippen molar-refractivity contribution in [2.75, 3.05) is 19.8 Å². The molecule has 2 saturated heterocycles. The van der Waals surface area contributed by atoms with Crippen LogP contribution in [0.2, 0.25) is 0 Å². The Bertz CT molecular complexity index is 284. The normalized spacial score (nSPS) is 30.8. The summed E-state index contributed by atoms with van der Waals surface area (Å²) in [6.07, 6.45) is 12.7. The van der Waals surface area contributed by atoms with Gasteiger partial charge in [0.25, 0.3) is 0 Å². The third kappa shape index (κ3) is 5.80. The molecular weight excluding hydrogens is 280 g/mol. The highest BCUT2D eigenvalue weighted by molar-refractivity contribution is 4.94. The minimum Gasteiger partial charge on any atom is -0.388 e. The van der Waals surface area contributed by atoms with E-state index in [1.807, 2.05) is 0 Å². The molecule has 0 amide bonds. The number of unbranched alkanes of at least 4 members (excludes halogenated alkanes) is 9. The molecule has 2 rings (SSSR count). The van der Waals surface area contributed by atoms with Gasteiger partial charge < -0.3 is 19.3 Å². The molecule has 0 aromatic rings. The molecule has 0 aliphatic carbocycles. The minimum atomic E-state index is -0.476. The van der Waals surface area contributed by atoms with Gasteiger partial charge in [-0.25, -0.2) is 0 Å². The van der Waals surface area contributed by atoms with Crippen LogP contribution < -0.4 is 0 Å². The molecule has 0 saturated carbocycles. The first kappa shape index (κ1) is 18.2. The van der Waals surface area contributed by atoms with Crippen molar-refractivity contribution in [2.24, 2.45) is 0 Å². The summed E-state index contributed by atoms with van der Waals surface area (Å²) in [6, 6.07) is 0. The van der Waals surface area contributed by atoms with Crippen LogP contribution in [-0.2, 0) is 14.2 Å². The third-order valence-electron chi connectivity index (χ3n) is 4.81. The first-order valence-corrected chi connectivity index (χ1v) is 9.35. The molecule has 4 nitrogen and oxygen atoms in total. The van der Waals surface area contributed by atoms with Crippen LogP contribution in [0.15, 0.2) is 0 Å². The Labute approximate surface area is 135 Å². The maximum absolute atomic E-state index is 9.67. The van der Waals surface area contributed by atoms with Crippen molar-refractivity contribution in [1.29, 1.82) is 0 Å². The summed E-state index contributed by atoms with van der Waals surface area (Å²) in [7, 11) is 0. The predicted octanol–water partition coefficient (Wildman–Crippen LogP) is 3.45. The second-order valence-electron chi connectivity index (χ2n) is 6.75. The van der Waals surface area contributed by atoms with E-state index >= 15 is 0 Å². The van der Waals surface area contributed by atoms with Gasteiger partial charge in [0, 0.05) is 6.61 Å². The van der Waals surface area contributed by atoms with Crippen molar-refractivity contribution >= 4 is 0 Å². The van der Waals surface area contributed by atoms with E-state index < -0.39 is 6.10 Å². The summed E-state index contributed by atoms with van der Waals surface area (Å²) in [6.45, 7) is 3.99. The van der Waals surface area contributed by atoms with Crippen LogP contribution >= 0.6 is 0 Å². The van der Waals surface area contributed by atoms with Crippen LogP contribution in [0.3, 0.4) is 0 Å². The zero-order chi connectivity index (χ0) is 15.6. The lowest BCUT2D eigenvalue weighted by molar-refractivity contribution is -0.0378. The standard InChI is InChI=1S/C18H34O4/c1-2-3-4-5-6-7-8-9-10-11-12-20-16-14-22-17-15(19)13-21-18(16)17/h15-19H,2-14H2,1H3/t15-,16+,17+,18+/m0/s1. The number of fused-ring (bicyclic) bond motifs is 1. The average Bonchev–Trinajstić information content (AvgIpc) is 3.09. The summed E-state index contributed by atoms with van der Waals surface area (Å²) in [5.41, 5.74) is 0. The van der Waals surface area contributed by atoms with Gasteiger partial charge in [0.05, 0.1) is 13.2 Å². The van der Waals surface area contributed by atoms with E-state index in [4.69, 9.17) is 14.2 Å². The Kier molecular flexibility index (Phi) is 8.75. The van der Waals surface area contributed by atoms with Crippen molar-refractivity contribution in [3.63, 3.8) is 0 Å². The molecule has 2 aliphatic rings. The van der Waals surface area contributed by atoms with E-state index in [0.717, 1.165) is 13.0 Å². The van der Waals surface area contributed by atoms with Crippen LogP contribution in [0.1, 0.15) is 71.1 Å². The third-order valence-corrected chi connectivity index (χ3v) is 4.81. The number of hydrogen-bond donors (Lipinski definition) is 1. The number of aliphatic hydroxyl groups is 1. The lowest BCUT2D eigenvalue weighted by atomic mass is 10.1. The lowest BCUT2D eigenvalue weighted by Crippen LogP contribution is -2.33. The Balaban J connectivity index is 1.38. The maximum Gasteiger partial charge on any atom is 0.115 e. The highest BCUT2D eigenvalue weighted by Crippen LogP contribution is 2.28. The summed E-state index contributed by atoms with van der Waals surface area (Å²) in [5, 5.41) is 9.67. The zero-order valence-electron chi connectivity index (χ0n) is 14.2. The Morgan fingerprint density at radius 1 is 0.818 bits per heavy atom. The molecular formula is C18H34O4. The van der Waals surface area contributed by atoms with Gasteiger partial charge in [-0.3, -0.25) is 0 Å². The fraction of sp³-hybridized carbons (Fsp3) is 1.00. The van der Waals surface area contributed by atoms with E-state index in [1.54, 1.807) is 0 Å². The molecule has 22 heavy (non-hydrogen) atoms. The van der Waals surface area contributed by atoms with E-state index in [-0.39, 0.29) is 18.3 Å². The van der Waals surface area contributed by atoms with Crippen molar-refractivity contribution in [3.05, 3.63) is 0 Å². The SMILES string of the molecule is CCCCCCCCCCCCO[C@@H]1CO[C@H]2[C@@H]1OC[C@@H]2O. The summed E-state index contributed by atoms with van der Waals surface area (Å²) >= 11 is 0. The van der Waals surface area contributed by atoms with Gasteiger partial charge in [0.15, 0.2) is 0 Å². The molecule has 4 atom stereocenters. The maximum atomic E-state index is 9.67. The first-order valence-electron chi connectivity index (χ1n) is 9.35. The van der Waals surface area contributed by atoms with Gasteiger partial charge in [0.1, 0.15) is 24.4 Å². The molecule has 2 aliphatic heterocycles. The predicted molar refractivity (Wildman–Crippen MR) is 87.1 cm³/mol. The summed E-state index contributed by atoms with van der Waals surface area (Å²) < 4.78 is 17.0. The number of aliphatic hydroxyl groups excluding tert-OH is 1. The highest BCUT2D eigenvalue weighted by atomic mass is 16.6. The Hall–Kier alpha value is -0.160. The molecule has 2 heterocycles. The molecule has 130 valence electrons. The van der Waals surface area contributed by atoms with Gasteiger partial charge in [-0.2, -0.15) is 0 Å². The summed E-state index contributed by atoms with van der Waals surface area (Å²) in [5.74, 6) is 0. The van der Waals surface area contributed by atoms with Crippen LogP contribution in [-0.4, -0.2) is 49.3 Å². The second-order valence-corrected chi connectivity index (χ2v) is 6.75. The molecule has 0 bridgehead atoms. The monoisotopic (exact) mass is 314 g/mol. The van der Waals surface area contributed by atoms with E-state index in [1.165, 1.54) is 57.8 Å². The zero-order valence-corrected chi connectivity index (χ0v) is 14.2. The van der Waals surface area contributed by atoms with Crippen LogP contribution in [0.5, 0.6) is 0 Å².